The minimum atomic E-state index is 0.269. The maximum Gasteiger partial charge on any atom is 0.101 e. The van der Waals surface area contributed by atoms with Gasteiger partial charge in [-0.1, -0.05) is 48.5 Å². The normalized spacial score (nSPS) is 10.5. The van der Waals surface area contributed by atoms with Crippen LogP contribution in [-0.2, 0) is 0 Å². The lowest BCUT2D eigenvalue weighted by atomic mass is 10.0. The van der Waals surface area contributed by atoms with Crippen LogP contribution in [0.15, 0.2) is 79.0 Å². The summed E-state index contributed by atoms with van der Waals surface area (Å²) in [4.78, 5) is 4.66. The number of pyridine rings is 1. The number of nitriles is 3. The summed E-state index contributed by atoms with van der Waals surface area (Å²) < 4.78 is 1.89. The van der Waals surface area contributed by atoms with Crippen molar-refractivity contribution < 1.29 is 0 Å². The van der Waals surface area contributed by atoms with Gasteiger partial charge in [0.05, 0.1) is 51.4 Å². The summed E-state index contributed by atoms with van der Waals surface area (Å²) in [5, 5.41) is 30.9. The van der Waals surface area contributed by atoms with E-state index < -0.39 is 0 Å². The second-order valence-electron chi connectivity index (χ2n) is 7.06. The molecule has 2 heterocycles. The third-order valence-electron chi connectivity index (χ3n) is 5.33. The highest BCUT2D eigenvalue weighted by atomic mass is 15.0. The Bertz CT molecular complexity index is 1570. The number of para-hydroxylation sites is 1. The second kappa shape index (κ2) is 7.16. The van der Waals surface area contributed by atoms with Crippen LogP contribution < -0.4 is 0 Å². The van der Waals surface area contributed by atoms with E-state index in [0.29, 0.717) is 5.69 Å². The van der Waals surface area contributed by atoms with Crippen molar-refractivity contribution in [1.82, 2.24) is 9.55 Å². The maximum atomic E-state index is 9.80. The van der Waals surface area contributed by atoms with Crippen LogP contribution in [0.4, 0.5) is 0 Å². The standard InChI is InChI=1S/C26H13N5/c27-13-17-10-19(14-28)26(20(11-17)15-29)31-24-9-5-4-8-21(24)22-12-23(30-16-25(22)31)18-6-2-1-3-7-18/h1-12,16H. The van der Waals surface area contributed by atoms with Gasteiger partial charge < -0.3 is 4.57 Å². The Morgan fingerprint density at radius 3 is 2.03 bits per heavy atom. The van der Waals surface area contributed by atoms with Crippen molar-refractivity contribution >= 4 is 21.8 Å². The molecule has 0 aliphatic rings. The van der Waals surface area contributed by atoms with E-state index in [1.54, 1.807) is 6.20 Å². The van der Waals surface area contributed by atoms with Gasteiger partial charge in [-0.3, -0.25) is 4.98 Å². The number of aromatic nitrogens is 2. The summed E-state index contributed by atoms with van der Waals surface area (Å²) in [5.74, 6) is 0. The maximum absolute atomic E-state index is 9.80. The van der Waals surface area contributed by atoms with Crippen LogP contribution >= 0.6 is 0 Å². The van der Waals surface area contributed by atoms with Crippen molar-refractivity contribution in [2.75, 3.05) is 0 Å². The number of rotatable bonds is 2. The van der Waals surface area contributed by atoms with E-state index in [9.17, 15) is 15.8 Å². The van der Waals surface area contributed by atoms with E-state index in [-0.39, 0.29) is 16.7 Å². The first-order chi connectivity index (χ1) is 15.2. The van der Waals surface area contributed by atoms with Gasteiger partial charge >= 0.3 is 0 Å². The minimum absolute atomic E-state index is 0.269. The fourth-order valence-electron chi connectivity index (χ4n) is 3.99. The Kier molecular flexibility index (Phi) is 4.19. The van der Waals surface area contributed by atoms with E-state index >= 15 is 0 Å². The summed E-state index contributed by atoms with van der Waals surface area (Å²) in [6, 6.07) is 29.2. The van der Waals surface area contributed by atoms with Gasteiger partial charge in [0.2, 0.25) is 0 Å². The molecule has 5 aromatic rings. The molecule has 2 aromatic heterocycles. The SMILES string of the molecule is N#Cc1cc(C#N)c(-n2c3ccccc3c3cc(-c4ccccc4)ncc32)c(C#N)c1. The Morgan fingerprint density at radius 1 is 0.677 bits per heavy atom. The van der Waals surface area contributed by atoms with Crippen molar-refractivity contribution in [1.29, 1.82) is 15.8 Å². The molecule has 31 heavy (non-hydrogen) atoms. The van der Waals surface area contributed by atoms with Crippen molar-refractivity contribution in [3.05, 3.63) is 95.7 Å². The van der Waals surface area contributed by atoms with E-state index in [1.165, 1.54) is 12.1 Å². The summed E-state index contributed by atoms with van der Waals surface area (Å²) in [6.45, 7) is 0. The molecule has 0 aliphatic carbocycles. The van der Waals surface area contributed by atoms with Gasteiger partial charge in [-0.2, -0.15) is 15.8 Å². The van der Waals surface area contributed by atoms with E-state index in [1.807, 2.05) is 71.3 Å². The average molecular weight is 395 g/mol. The molecule has 0 radical (unpaired) electrons. The Balaban J connectivity index is 1.91. The molecule has 0 fully saturated rings. The van der Waals surface area contributed by atoms with E-state index in [2.05, 4.69) is 17.1 Å². The van der Waals surface area contributed by atoms with E-state index in [0.717, 1.165) is 33.1 Å². The first-order valence-corrected chi connectivity index (χ1v) is 9.58. The number of benzene rings is 3. The number of nitrogens with zero attached hydrogens (tertiary/aromatic N) is 5. The molecule has 5 heteroatoms. The lowest BCUT2D eigenvalue weighted by Gasteiger charge is -2.12. The molecule has 142 valence electrons. The van der Waals surface area contributed by atoms with Gasteiger partial charge in [0, 0.05) is 16.3 Å². The first kappa shape index (κ1) is 18.1. The van der Waals surface area contributed by atoms with Gasteiger partial charge in [-0.05, 0) is 24.3 Å². The molecule has 0 saturated carbocycles. The Morgan fingerprint density at radius 2 is 1.35 bits per heavy atom. The Hall–Kier alpha value is -4.92. The number of hydrogen-bond donors (Lipinski definition) is 0. The quantitative estimate of drug-likeness (QED) is 0.397. The molecular formula is C26H13N5. The molecule has 0 unspecified atom stereocenters. The largest absolute Gasteiger partial charge is 0.305 e. The summed E-state index contributed by atoms with van der Waals surface area (Å²) in [6.07, 6.45) is 1.78. The summed E-state index contributed by atoms with van der Waals surface area (Å²) in [5.41, 5.74) is 4.79. The highest BCUT2D eigenvalue weighted by Gasteiger charge is 2.19. The molecule has 0 atom stereocenters. The molecule has 5 rings (SSSR count). The van der Waals surface area contributed by atoms with Crippen LogP contribution in [0.3, 0.4) is 0 Å². The van der Waals surface area contributed by atoms with Crippen molar-refractivity contribution in [2.45, 2.75) is 0 Å². The summed E-state index contributed by atoms with van der Waals surface area (Å²) in [7, 11) is 0. The molecule has 0 saturated heterocycles. The third kappa shape index (κ3) is 2.80. The van der Waals surface area contributed by atoms with E-state index in [4.69, 9.17) is 0 Å². The Labute approximate surface area is 178 Å². The van der Waals surface area contributed by atoms with Crippen molar-refractivity contribution in [2.24, 2.45) is 0 Å². The van der Waals surface area contributed by atoms with Gasteiger partial charge in [0.1, 0.15) is 12.1 Å². The molecule has 3 aromatic carbocycles. The topological polar surface area (TPSA) is 89.2 Å². The molecule has 0 bridgehead atoms. The van der Waals surface area contributed by atoms with Crippen LogP contribution in [-0.4, -0.2) is 9.55 Å². The van der Waals surface area contributed by atoms with Gasteiger partial charge in [0.25, 0.3) is 0 Å². The van der Waals surface area contributed by atoms with Crippen LogP contribution in [0, 0.1) is 34.0 Å². The smallest absolute Gasteiger partial charge is 0.101 e. The zero-order valence-electron chi connectivity index (χ0n) is 16.2. The number of fused-ring (bicyclic) bond motifs is 3. The van der Waals surface area contributed by atoms with Gasteiger partial charge in [-0.15, -0.1) is 0 Å². The zero-order chi connectivity index (χ0) is 21.4. The van der Waals surface area contributed by atoms with Crippen LogP contribution in [0.1, 0.15) is 16.7 Å². The fraction of sp³-hybridized carbons (Fsp3) is 0. The monoisotopic (exact) mass is 395 g/mol. The second-order valence-corrected chi connectivity index (χ2v) is 7.06. The molecule has 0 spiro atoms. The molecule has 5 nitrogen and oxygen atoms in total. The third-order valence-corrected chi connectivity index (χ3v) is 5.33. The highest BCUT2D eigenvalue weighted by molar-refractivity contribution is 6.10. The van der Waals surface area contributed by atoms with Crippen molar-refractivity contribution in [3.63, 3.8) is 0 Å². The fourth-order valence-corrected chi connectivity index (χ4v) is 3.99. The first-order valence-electron chi connectivity index (χ1n) is 9.58. The zero-order valence-corrected chi connectivity index (χ0v) is 16.2. The lowest BCUT2D eigenvalue weighted by molar-refractivity contribution is 1.14. The van der Waals surface area contributed by atoms with Gasteiger partial charge in [-0.25, -0.2) is 0 Å². The highest BCUT2D eigenvalue weighted by Crippen LogP contribution is 2.36. The predicted octanol–water partition coefficient (Wildman–Crippen LogP) is 5.46. The predicted molar refractivity (Wildman–Crippen MR) is 118 cm³/mol. The minimum Gasteiger partial charge on any atom is -0.305 e. The van der Waals surface area contributed by atoms with Crippen LogP contribution in [0.5, 0.6) is 0 Å². The lowest BCUT2D eigenvalue weighted by Crippen LogP contribution is -2.02. The molecule has 0 N–H and O–H groups in total. The summed E-state index contributed by atoms with van der Waals surface area (Å²) >= 11 is 0. The molecule has 0 aliphatic heterocycles. The van der Waals surface area contributed by atoms with Crippen LogP contribution in [0.25, 0.3) is 38.8 Å². The molecule has 0 amide bonds. The van der Waals surface area contributed by atoms with Crippen LogP contribution in [0.2, 0.25) is 0 Å². The van der Waals surface area contributed by atoms with Crippen molar-refractivity contribution in [3.8, 4) is 35.2 Å². The van der Waals surface area contributed by atoms with Gasteiger partial charge in [0.15, 0.2) is 0 Å². The average Bonchev–Trinajstić information content (AvgIpc) is 3.17. The number of hydrogen-bond acceptors (Lipinski definition) is 4. The molecular weight excluding hydrogens is 382 g/mol.